The highest BCUT2D eigenvalue weighted by Gasteiger charge is 2.45. The van der Waals surface area contributed by atoms with E-state index in [0.29, 0.717) is 12.1 Å². The molecule has 5 heteroatoms. The lowest BCUT2D eigenvalue weighted by atomic mass is 9.73. The van der Waals surface area contributed by atoms with E-state index in [1.807, 2.05) is 30.3 Å². The Kier molecular flexibility index (Phi) is 10.8. The Balaban J connectivity index is 0.00000363. The Morgan fingerprint density at radius 2 is 1.59 bits per heavy atom. The van der Waals surface area contributed by atoms with Crippen molar-refractivity contribution in [3.63, 3.8) is 0 Å². The van der Waals surface area contributed by atoms with Gasteiger partial charge in [0.1, 0.15) is 0 Å². The van der Waals surface area contributed by atoms with Crippen molar-refractivity contribution in [3.8, 4) is 11.8 Å². The number of carbonyl (C=O) groups excluding carboxylic acids is 1. The molecule has 32 heavy (non-hydrogen) atoms. The number of hydrogen-bond donors (Lipinski definition) is 3. The molecule has 1 atom stereocenters. The van der Waals surface area contributed by atoms with Crippen LogP contribution in [-0.4, -0.2) is 24.1 Å². The summed E-state index contributed by atoms with van der Waals surface area (Å²) in [7, 11) is 0. The van der Waals surface area contributed by atoms with Crippen LogP contribution in [0.2, 0.25) is 0 Å². The van der Waals surface area contributed by atoms with Crippen LogP contribution in [0.25, 0.3) is 0 Å². The van der Waals surface area contributed by atoms with Gasteiger partial charge in [0, 0.05) is 12.5 Å². The molecule has 0 aliphatic heterocycles. The van der Waals surface area contributed by atoms with E-state index < -0.39 is 5.60 Å². The summed E-state index contributed by atoms with van der Waals surface area (Å²) in [6.07, 6.45) is 6.07. The molecule has 2 aromatic rings. The summed E-state index contributed by atoms with van der Waals surface area (Å²) in [6, 6.07) is 17.9. The van der Waals surface area contributed by atoms with Crippen molar-refractivity contribution in [2.75, 3.05) is 13.1 Å². The van der Waals surface area contributed by atoms with Crippen molar-refractivity contribution in [3.05, 3.63) is 71.3 Å². The van der Waals surface area contributed by atoms with E-state index in [1.165, 1.54) is 17.5 Å². The second-order valence-electron chi connectivity index (χ2n) is 8.28. The van der Waals surface area contributed by atoms with Crippen LogP contribution in [0.1, 0.15) is 55.7 Å². The van der Waals surface area contributed by atoms with Gasteiger partial charge < -0.3 is 15.7 Å². The Bertz CT molecular complexity index is 883. The summed E-state index contributed by atoms with van der Waals surface area (Å²) in [6.45, 7) is 3.70. The molecule has 2 aromatic carbocycles. The third-order valence-corrected chi connectivity index (χ3v) is 6.19. The zero-order valence-electron chi connectivity index (χ0n) is 18.9. The summed E-state index contributed by atoms with van der Waals surface area (Å²) < 4.78 is 0. The van der Waals surface area contributed by atoms with Crippen molar-refractivity contribution >= 4 is 18.3 Å². The first-order valence-corrected chi connectivity index (χ1v) is 11.4. The number of aliphatic hydroxyl groups is 1. The second-order valence-corrected chi connectivity index (χ2v) is 8.28. The molecule has 3 N–H and O–H groups in total. The van der Waals surface area contributed by atoms with Crippen LogP contribution in [-0.2, 0) is 23.4 Å². The summed E-state index contributed by atoms with van der Waals surface area (Å²) in [5.74, 6) is 5.64. The number of halogens is 1. The smallest absolute Gasteiger partial charge is 0.257 e. The lowest BCUT2D eigenvalue weighted by Gasteiger charge is -2.37. The first-order valence-electron chi connectivity index (χ1n) is 11.4. The molecule has 3 rings (SSSR count). The van der Waals surface area contributed by atoms with Crippen molar-refractivity contribution in [1.82, 2.24) is 10.6 Å². The predicted molar refractivity (Wildman–Crippen MR) is 132 cm³/mol. The lowest BCUT2D eigenvalue weighted by Crippen LogP contribution is -2.50. The van der Waals surface area contributed by atoms with Gasteiger partial charge in [-0.25, -0.2) is 0 Å². The molecule has 1 saturated carbocycles. The van der Waals surface area contributed by atoms with Gasteiger partial charge in [-0.15, -0.1) is 12.4 Å². The van der Waals surface area contributed by atoms with Gasteiger partial charge in [0.05, 0.1) is 13.1 Å². The quantitative estimate of drug-likeness (QED) is 0.410. The molecule has 1 unspecified atom stereocenters. The van der Waals surface area contributed by atoms with Crippen molar-refractivity contribution in [1.29, 1.82) is 0 Å². The number of benzene rings is 2. The molecule has 0 aromatic heterocycles. The van der Waals surface area contributed by atoms with Crippen LogP contribution in [0.15, 0.2) is 54.6 Å². The first-order chi connectivity index (χ1) is 15.1. The predicted octanol–water partition coefficient (Wildman–Crippen LogP) is 4.35. The largest absolute Gasteiger partial charge is 0.375 e. The fraction of sp³-hybridized carbons (Fsp3) is 0.444. The van der Waals surface area contributed by atoms with Crippen LogP contribution >= 0.6 is 12.4 Å². The molecule has 0 radical (unpaired) electrons. The van der Waals surface area contributed by atoms with Gasteiger partial charge in [0.15, 0.2) is 5.60 Å². The van der Waals surface area contributed by atoms with Crippen LogP contribution in [0, 0.1) is 17.8 Å². The van der Waals surface area contributed by atoms with E-state index in [0.717, 1.165) is 38.6 Å². The number of carbonyl (C=O) groups is 1. The molecular formula is C27H35ClN2O2. The van der Waals surface area contributed by atoms with Crippen LogP contribution < -0.4 is 10.6 Å². The minimum absolute atomic E-state index is 0. The van der Waals surface area contributed by atoms with Gasteiger partial charge in [0.2, 0.25) is 0 Å². The summed E-state index contributed by atoms with van der Waals surface area (Å²) in [4.78, 5) is 13.0. The molecule has 0 heterocycles. The maximum absolute atomic E-state index is 13.0. The fourth-order valence-electron chi connectivity index (χ4n) is 4.31. The Labute approximate surface area is 198 Å². The molecule has 0 saturated heterocycles. The van der Waals surface area contributed by atoms with E-state index in [2.05, 4.69) is 53.7 Å². The van der Waals surface area contributed by atoms with Gasteiger partial charge >= 0.3 is 0 Å². The highest BCUT2D eigenvalue weighted by atomic mass is 35.5. The van der Waals surface area contributed by atoms with Gasteiger partial charge in [0.25, 0.3) is 5.91 Å². The molecule has 4 nitrogen and oxygen atoms in total. The van der Waals surface area contributed by atoms with Gasteiger partial charge in [-0.1, -0.05) is 92.6 Å². The van der Waals surface area contributed by atoms with Gasteiger partial charge in [-0.2, -0.15) is 0 Å². The van der Waals surface area contributed by atoms with E-state index in [1.54, 1.807) is 0 Å². The lowest BCUT2D eigenvalue weighted by molar-refractivity contribution is -0.149. The molecule has 172 valence electrons. The SMILES string of the molecule is CCc1ccc(CNCC#CCNC(=O)C(O)(c2ccccc2)C2CCCCC2)cc1.Cl. The third kappa shape index (κ3) is 6.84. The highest BCUT2D eigenvalue weighted by molar-refractivity contribution is 5.87. The zero-order chi connectivity index (χ0) is 21.9. The van der Waals surface area contributed by atoms with E-state index in [9.17, 15) is 9.90 Å². The van der Waals surface area contributed by atoms with Crippen molar-refractivity contribution in [2.45, 2.75) is 57.6 Å². The number of amides is 1. The average Bonchev–Trinajstić information content (AvgIpc) is 2.84. The average molecular weight is 455 g/mol. The molecule has 0 spiro atoms. The van der Waals surface area contributed by atoms with Crippen LogP contribution in [0.3, 0.4) is 0 Å². The van der Waals surface area contributed by atoms with Crippen LogP contribution in [0.5, 0.6) is 0 Å². The molecule has 1 aliphatic carbocycles. The topological polar surface area (TPSA) is 61.4 Å². The second kappa shape index (κ2) is 13.3. The third-order valence-electron chi connectivity index (χ3n) is 6.19. The number of nitrogens with one attached hydrogen (secondary N) is 2. The molecule has 1 fully saturated rings. The monoisotopic (exact) mass is 454 g/mol. The van der Waals surface area contributed by atoms with Crippen molar-refractivity contribution in [2.24, 2.45) is 5.92 Å². The summed E-state index contributed by atoms with van der Waals surface area (Å²) in [5.41, 5.74) is 1.74. The van der Waals surface area contributed by atoms with E-state index >= 15 is 0 Å². The summed E-state index contributed by atoms with van der Waals surface area (Å²) >= 11 is 0. The zero-order valence-corrected chi connectivity index (χ0v) is 19.7. The van der Waals surface area contributed by atoms with Gasteiger partial charge in [-0.3, -0.25) is 4.79 Å². The molecule has 1 aliphatic rings. The van der Waals surface area contributed by atoms with Crippen molar-refractivity contribution < 1.29 is 9.90 Å². The molecular weight excluding hydrogens is 420 g/mol. The molecule has 0 bridgehead atoms. The van der Waals surface area contributed by atoms with E-state index in [-0.39, 0.29) is 30.8 Å². The highest BCUT2D eigenvalue weighted by Crippen LogP contribution is 2.39. The van der Waals surface area contributed by atoms with E-state index in [4.69, 9.17) is 0 Å². The standard InChI is InChI=1S/C27H34N2O2.ClH/c1-2-22-15-17-23(18-16-22)21-28-19-9-10-20-29-26(30)27(31,24-11-5-3-6-12-24)25-13-7-4-8-14-25;/h3,5-6,11-12,15-18,25,28,31H,2,4,7-8,13-14,19-21H2,1H3,(H,29,30);1H. The maximum atomic E-state index is 13.0. The first kappa shape index (κ1) is 25.9. The maximum Gasteiger partial charge on any atom is 0.257 e. The Morgan fingerprint density at radius 1 is 0.969 bits per heavy atom. The normalized spacial score (nSPS) is 15.6. The number of hydrogen-bond acceptors (Lipinski definition) is 3. The number of aryl methyl sites for hydroxylation is 1. The number of rotatable bonds is 8. The Morgan fingerprint density at radius 3 is 2.25 bits per heavy atom. The minimum atomic E-state index is -1.49. The molecule has 1 amide bonds. The fourth-order valence-corrected chi connectivity index (χ4v) is 4.31. The minimum Gasteiger partial charge on any atom is -0.375 e. The van der Waals surface area contributed by atoms with Crippen LogP contribution in [0.4, 0.5) is 0 Å². The Hall–Kier alpha value is -2.32. The van der Waals surface area contributed by atoms with Gasteiger partial charge in [-0.05, 0) is 36.0 Å². The summed E-state index contributed by atoms with van der Waals surface area (Å²) in [5, 5.41) is 17.7.